The van der Waals surface area contributed by atoms with Gasteiger partial charge in [-0.05, 0) is 0 Å². The monoisotopic (exact) mass is 90.0 g/mol. The highest BCUT2D eigenvalue weighted by Gasteiger charge is 2.24. The van der Waals surface area contributed by atoms with E-state index < -0.39 is 6.43 Å². The van der Waals surface area contributed by atoms with Gasteiger partial charge in [0.05, 0.1) is 0 Å². The quantitative estimate of drug-likeness (QED) is 0.397. The van der Waals surface area contributed by atoms with E-state index in [1.165, 1.54) is 0 Å². The van der Waals surface area contributed by atoms with E-state index in [1.54, 1.807) is 0 Å². The summed E-state index contributed by atoms with van der Waals surface area (Å²) in [5.41, 5.74) is 0. The van der Waals surface area contributed by atoms with Crippen molar-refractivity contribution in [1.29, 1.82) is 0 Å². The van der Waals surface area contributed by atoms with Crippen LogP contribution in [0.25, 0.3) is 0 Å². The molecule has 0 saturated carbocycles. The maximum atomic E-state index is 9.69. The molecule has 0 rings (SSSR count). The lowest BCUT2D eigenvalue weighted by molar-refractivity contribution is -0.237. The zero-order chi connectivity index (χ0) is 4.50. The molecule has 0 fully saturated rings. The summed E-state index contributed by atoms with van der Waals surface area (Å²) >= 11 is 0. The van der Waals surface area contributed by atoms with Gasteiger partial charge in [-0.25, -0.2) is 0 Å². The molecule has 0 spiro atoms. The fourth-order valence-corrected chi connectivity index (χ4v) is 0. The van der Waals surface area contributed by atoms with Crippen LogP contribution in [0.5, 0.6) is 0 Å². The van der Waals surface area contributed by atoms with Gasteiger partial charge in [-0.1, -0.05) is 0 Å². The minimum absolute atomic E-state index is 0. The van der Waals surface area contributed by atoms with Gasteiger partial charge in [-0.15, -0.1) is 17.6 Å². The van der Waals surface area contributed by atoms with E-state index in [-0.39, 0.29) is 1.43 Å². The summed E-state index contributed by atoms with van der Waals surface area (Å²) in [5.74, 6) is 0. The Morgan fingerprint density at radius 2 is 1.00 bits per heavy atom. The first-order chi connectivity index (χ1) is 2.00. The second kappa shape index (κ2) is 0.841. The summed E-state index contributed by atoms with van der Waals surface area (Å²) in [5, 5.41) is 0. The zero-order valence-corrected chi connectivity index (χ0v) is 2.01. The largest absolute Gasteiger partial charge is 0.559 e. The van der Waals surface area contributed by atoms with Crippen molar-refractivity contribution in [2.75, 3.05) is 0 Å². The standard InChI is InChI=1S/CF4.H2/c2-1(3,4)5;/h;1H. The highest BCUT2D eigenvalue weighted by atomic mass is 19.5. The van der Waals surface area contributed by atoms with Crippen molar-refractivity contribution < 1.29 is 19.0 Å². The Balaban J connectivity index is 0. The first kappa shape index (κ1) is 4.72. The number of halogens is 4. The molecule has 0 aromatic heterocycles. The zero-order valence-electron chi connectivity index (χ0n) is 2.01. The smallest absolute Gasteiger partial charge is 0.140 e. The number of alkyl halides is 4. The van der Waals surface area contributed by atoms with Gasteiger partial charge in [0.1, 0.15) is 0 Å². The molecule has 0 saturated heterocycles. The van der Waals surface area contributed by atoms with E-state index in [0.717, 1.165) is 0 Å². The fourth-order valence-electron chi connectivity index (χ4n) is 0. The predicted octanol–water partition coefficient (Wildman–Crippen LogP) is 1.72. The summed E-state index contributed by atoms with van der Waals surface area (Å²) < 4.78 is 38.8. The van der Waals surface area contributed by atoms with Crippen molar-refractivity contribution in [3.8, 4) is 0 Å². The lowest BCUT2D eigenvalue weighted by atomic mass is 11.5. The molecule has 0 aliphatic rings. The Labute approximate surface area is 26.9 Å². The Morgan fingerprint density at radius 3 is 1.00 bits per heavy atom. The highest BCUT2D eigenvalue weighted by Crippen LogP contribution is 2.13. The Bertz CT molecular complexity index is 23.0. The second-order valence-electron chi connectivity index (χ2n) is 0.429. The molecular weight excluding hydrogens is 88.0 g/mol. The molecule has 0 aromatic rings. The van der Waals surface area contributed by atoms with Crippen LogP contribution >= 0.6 is 0 Å². The lowest BCUT2D eigenvalue weighted by Crippen LogP contribution is -1.92. The van der Waals surface area contributed by atoms with Crippen LogP contribution in [-0.2, 0) is 0 Å². The normalized spacial score (nSPS) is 12.0. The van der Waals surface area contributed by atoms with Crippen molar-refractivity contribution in [2.45, 2.75) is 6.43 Å². The van der Waals surface area contributed by atoms with Crippen molar-refractivity contribution in [3.63, 3.8) is 0 Å². The van der Waals surface area contributed by atoms with Gasteiger partial charge in [0, 0.05) is 1.43 Å². The fraction of sp³-hybridized carbons (Fsp3) is 1.00. The van der Waals surface area contributed by atoms with Crippen molar-refractivity contribution >= 4 is 0 Å². The van der Waals surface area contributed by atoms with Crippen molar-refractivity contribution in [3.05, 3.63) is 0 Å². The molecule has 0 bridgehead atoms. The maximum absolute atomic E-state index is 9.69. The molecule has 0 nitrogen and oxygen atoms in total. The van der Waals surface area contributed by atoms with Gasteiger partial charge < -0.3 is 0 Å². The molecule has 0 amide bonds. The van der Waals surface area contributed by atoms with Gasteiger partial charge in [0.25, 0.3) is 0 Å². The van der Waals surface area contributed by atoms with Gasteiger partial charge >= 0.3 is 6.43 Å². The van der Waals surface area contributed by atoms with Gasteiger partial charge in [0.15, 0.2) is 0 Å². The van der Waals surface area contributed by atoms with Crippen LogP contribution in [-0.4, -0.2) is 6.43 Å². The molecule has 0 aromatic carbocycles. The van der Waals surface area contributed by atoms with E-state index in [4.69, 9.17) is 0 Å². The number of hydrogen-bond donors (Lipinski definition) is 0. The van der Waals surface area contributed by atoms with Gasteiger partial charge in [0.2, 0.25) is 0 Å². The average Bonchev–Trinajstić information content (AvgIpc) is 0.722. The molecule has 0 aliphatic heterocycles. The predicted molar refractivity (Wildman–Crippen MR) is 9.28 cm³/mol. The van der Waals surface area contributed by atoms with E-state index in [0.29, 0.717) is 0 Å². The molecule has 34 valence electrons. The molecule has 0 heterocycles. The minimum Gasteiger partial charge on any atom is -0.140 e. The van der Waals surface area contributed by atoms with E-state index in [1.807, 2.05) is 0 Å². The Hall–Kier alpha value is -0.280. The maximum Gasteiger partial charge on any atom is 0.559 e. The molecular formula is CH2F4. The molecule has 0 unspecified atom stereocenters. The Kier molecular flexibility index (Phi) is 0.794. The molecule has 0 N–H and O–H groups in total. The van der Waals surface area contributed by atoms with E-state index in [2.05, 4.69) is 0 Å². The molecule has 0 aliphatic carbocycles. The summed E-state index contributed by atoms with van der Waals surface area (Å²) in [7, 11) is 0. The molecule has 0 radical (unpaired) electrons. The van der Waals surface area contributed by atoms with E-state index >= 15 is 0 Å². The second-order valence-corrected chi connectivity index (χ2v) is 0.429. The summed E-state index contributed by atoms with van der Waals surface area (Å²) in [4.78, 5) is 0. The topological polar surface area (TPSA) is 0 Å². The molecule has 4 heteroatoms. The Morgan fingerprint density at radius 1 is 1.00 bits per heavy atom. The summed E-state index contributed by atoms with van der Waals surface area (Å²) in [6.45, 7) is 0. The molecule has 5 heavy (non-hydrogen) atoms. The van der Waals surface area contributed by atoms with Crippen LogP contribution in [0.1, 0.15) is 1.43 Å². The number of hydrogen-bond acceptors (Lipinski definition) is 0. The van der Waals surface area contributed by atoms with Gasteiger partial charge in [-0.2, -0.15) is 0 Å². The van der Waals surface area contributed by atoms with Crippen LogP contribution in [0, 0.1) is 0 Å². The van der Waals surface area contributed by atoms with Crippen LogP contribution in [0.15, 0.2) is 0 Å². The SMILES string of the molecule is FC(F)(F)F.[HH]. The third-order valence-electron chi connectivity index (χ3n) is 0. The van der Waals surface area contributed by atoms with E-state index in [9.17, 15) is 17.6 Å². The minimum atomic E-state index is -5.50. The van der Waals surface area contributed by atoms with Crippen molar-refractivity contribution in [1.82, 2.24) is 0 Å². The average molecular weight is 90.0 g/mol. The van der Waals surface area contributed by atoms with Crippen LogP contribution in [0.4, 0.5) is 17.6 Å². The lowest BCUT2D eigenvalue weighted by Gasteiger charge is -1.82. The van der Waals surface area contributed by atoms with Crippen LogP contribution in [0.3, 0.4) is 0 Å². The summed E-state index contributed by atoms with van der Waals surface area (Å²) in [6.07, 6.45) is -5.50. The van der Waals surface area contributed by atoms with Crippen LogP contribution < -0.4 is 0 Å². The van der Waals surface area contributed by atoms with Gasteiger partial charge in [-0.3, -0.25) is 0 Å². The first-order valence-corrected chi connectivity index (χ1v) is 0.756. The third-order valence-corrected chi connectivity index (χ3v) is 0. The highest BCUT2D eigenvalue weighted by molar-refractivity contribution is 4.08. The summed E-state index contributed by atoms with van der Waals surface area (Å²) in [6, 6.07) is 0. The van der Waals surface area contributed by atoms with Crippen LogP contribution in [0.2, 0.25) is 0 Å². The first-order valence-electron chi connectivity index (χ1n) is 0.756. The number of rotatable bonds is 0. The molecule has 0 atom stereocenters. The third kappa shape index (κ3) is 140. The van der Waals surface area contributed by atoms with Crippen molar-refractivity contribution in [2.24, 2.45) is 0 Å².